The van der Waals surface area contributed by atoms with E-state index in [1.807, 2.05) is 34.3 Å². The van der Waals surface area contributed by atoms with E-state index < -0.39 is 0 Å². The fraction of sp³-hybridized carbons (Fsp3) is 0.111. The topological polar surface area (TPSA) is 75.2 Å². The smallest absolute Gasteiger partial charge is 0.318 e. The summed E-state index contributed by atoms with van der Waals surface area (Å²) in [7, 11) is 1.55. The quantitative estimate of drug-likeness (QED) is 0.655. The first kappa shape index (κ1) is 16.8. The molecule has 7 heteroatoms. The maximum atomic E-state index is 12.5. The van der Waals surface area contributed by atoms with Crippen molar-refractivity contribution in [2.24, 2.45) is 0 Å². The lowest BCUT2D eigenvalue weighted by molar-refractivity contribution is 0.101. The highest BCUT2D eigenvalue weighted by Gasteiger charge is 2.12. The zero-order valence-electron chi connectivity index (χ0n) is 13.7. The highest BCUT2D eigenvalue weighted by atomic mass is 32.1. The molecule has 0 aliphatic heterocycles. The summed E-state index contributed by atoms with van der Waals surface area (Å²) in [4.78, 5) is 25.0. The average Bonchev–Trinajstić information content (AvgIpc) is 3.29. The average molecular weight is 354 g/mol. The number of carbonyl (C=O) groups is 2. The van der Waals surface area contributed by atoms with Gasteiger partial charge in [0.1, 0.15) is 5.69 Å². The second-order valence-electron chi connectivity index (χ2n) is 5.34. The molecule has 0 spiro atoms. The van der Waals surface area contributed by atoms with Gasteiger partial charge in [-0.05, 0) is 47.8 Å². The summed E-state index contributed by atoms with van der Waals surface area (Å²) >= 11 is 1.66. The maximum absolute atomic E-state index is 12.5. The Labute approximate surface area is 149 Å². The number of anilines is 2. The molecule has 3 amide bonds. The van der Waals surface area contributed by atoms with Gasteiger partial charge in [-0.15, -0.1) is 11.3 Å². The van der Waals surface area contributed by atoms with Crippen LogP contribution in [0, 0.1) is 0 Å². The molecule has 0 aliphatic carbocycles. The predicted octanol–water partition coefficient (Wildman–Crippen LogP) is 3.60. The minimum Gasteiger partial charge on any atom is -0.341 e. The third-order valence-corrected chi connectivity index (χ3v) is 4.46. The van der Waals surface area contributed by atoms with Crippen LogP contribution >= 0.6 is 11.3 Å². The zero-order chi connectivity index (χ0) is 17.6. The number of urea groups is 1. The molecule has 2 heterocycles. The van der Waals surface area contributed by atoms with Crippen LogP contribution in [0.5, 0.6) is 0 Å². The second kappa shape index (κ2) is 7.67. The van der Waals surface area contributed by atoms with Gasteiger partial charge < -0.3 is 20.5 Å². The third-order valence-electron chi connectivity index (χ3n) is 3.60. The van der Waals surface area contributed by atoms with Gasteiger partial charge in [-0.1, -0.05) is 6.07 Å². The highest BCUT2D eigenvalue weighted by Crippen LogP contribution is 2.16. The van der Waals surface area contributed by atoms with E-state index in [9.17, 15) is 9.59 Å². The van der Waals surface area contributed by atoms with E-state index in [2.05, 4.69) is 16.0 Å². The van der Waals surface area contributed by atoms with E-state index in [1.54, 1.807) is 48.7 Å². The first-order valence-corrected chi connectivity index (χ1v) is 8.61. The summed E-state index contributed by atoms with van der Waals surface area (Å²) in [6.45, 7) is 0.669. The Morgan fingerprint density at radius 1 is 1.00 bits per heavy atom. The molecule has 1 aromatic carbocycles. The van der Waals surface area contributed by atoms with E-state index in [0.717, 1.165) is 0 Å². The standard InChI is InChI=1S/C18H18N4O2S/c1-19-18(24)21-14-8-6-13(7-9-14)20-17(23)16-5-2-10-22(16)12-15-4-3-11-25-15/h2-11H,12H2,1H3,(H,20,23)(H2,19,21,24). The lowest BCUT2D eigenvalue weighted by atomic mass is 10.2. The molecule has 0 radical (unpaired) electrons. The number of aromatic nitrogens is 1. The fourth-order valence-corrected chi connectivity index (χ4v) is 3.06. The van der Waals surface area contributed by atoms with Gasteiger partial charge in [-0.2, -0.15) is 0 Å². The zero-order valence-corrected chi connectivity index (χ0v) is 14.5. The lowest BCUT2D eigenvalue weighted by Crippen LogP contribution is -2.24. The van der Waals surface area contributed by atoms with Crippen molar-refractivity contribution < 1.29 is 9.59 Å². The van der Waals surface area contributed by atoms with E-state index in [-0.39, 0.29) is 11.9 Å². The van der Waals surface area contributed by atoms with Crippen LogP contribution in [-0.4, -0.2) is 23.6 Å². The Morgan fingerprint density at radius 3 is 2.36 bits per heavy atom. The molecule has 0 unspecified atom stereocenters. The van der Waals surface area contributed by atoms with Crippen molar-refractivity contribution in [3.05, 3.63) is 70.7 Å². The summed E-state index contributed by atoms with van der Waals surface area (Å²) in [6.07, 6.45) is 1.89. The van der Waals surface area contributed by atoms with Crippen molar-refractivity contribution >= 4 is 34.6 Å². The van der Waals surface area contributed by atoms with Crippen LogP contribution in [0.2, 0.25) is 0 Å². The number of carbonyl (C=O) groups excluding carboxylic acids is 2. The summed E-state index contributed by atoms with van der Waals surface area (Å²) in [5.41, 5.74) is 1.91. The van der Waals surface area contributed by atoms with Gasteiger partial charge in [0, 0.05) is 29.5 Å². The summed E-state index contributed by atoms with van der Waals surface area (Å²) in [5.74, 6) is -0.173. The van der Waals surface area contributed by atoms with Gasteiger partial charge in [0.2, 0.25) is 0 Å². The SMILES string of the molecule is CNC(=O)Nc1ccc(NC(=O)c2cccn2Cc2cccs2)cc1. The van der Waals surface area contributed by atoms with Crippen molar-refractivity contribution in [1.82, 2.24) is 9.88 Å². The van der Waals surface area contributed by atoms with Gasteiger partial charge in [0.15, 0.2) is 0 Å². The Balaban J connectivity index is 1.66. The van der Waals surface area contributed by atoms with Crippen LogP contribution in [-0.2, 0) is 6.54 Å². The number of amides is 3. The summed E-state index contributed by atoms with van der Waals surface area (Å²) in [6, 6.07) is 14.4. The number of hydrogen-bond donors (Lipinski definition) is 3. The third kappa shape index (κ3) is 4.27. The largest absolute Gasteiger partial charge is 0.341 e. The first-order chi connectivity index (χ1) is 12.2. The van der Waals surface area contributed by atoms with Gasteiger partial charge in [-0.3, -0.25) is 4.79 Å². The molecule has 0 aliphatic rings. The normalized spacial score (nSPS) is 10.3. The molecular weight excluding hydrogens is 336 g/mol. The highest BCUT2D eigenvalue weighted by molar-refractivity contribution is 7.09. The molecule has 3 N–H and O–H groups in total. The van der Waals surface area contributed by atoms with Crippen molar-refractivity contribution in [3.63, 3.8) is 0 Å². The van der Waals surface area contributed by atoms with Crippen LogP contribution in [0.15, 0.2) is 60.1 Å². The molecule has 0 fully saturated rings. The molecule has 3 rings (SSSR count). The second-order valence-corrected chi connectivity index (χ2v) is 6.37. The van der Waals surface area contributed by atoms with Crippen LogP contribution in [0.1, 0.15) is 15.4 Å². The van der Waals surface area contributed by atoms with Gasteiger partial charge in [0.25, 0.3) is 5.91 Å². The molecular formula is C18H18N4O2S. The van der Waals surface area contributed by atoms with Crippen LogP contribution in [0.3, 0.4) is 0 Å². The van der Waals surface area contributed by atoms with Gasteiger partial charge in [-0.25, -0.2) is 4.79 Å². The molecule has 0 saturated heterocycles. The minimum absolute atomic E-state index is 0.173. The van der Waals surface area contributed by atoms with Crippen LogP contribution in [0.4, 0.5) is 16.2 Å². The van der Waals surface area contributed by atoms with E-state index in [4.69, 9.17) is 0 Å². The fourth-order valence-electron chi connectivity index (χ4n) is 2.35. The van der Waals surface area contributed by atoms with Gasteiger partial charge in [0.05, 0.1) is 6.54 Å². The number of nitrogens with zero attached hydrogens (tertiary/aromatic N) is 1. The van der Waals surface area contributed by atoms with E-state index >= 15 is 0 Å². The Hall–Kier alpha value is -3.06. The van der Waals surface area contributed by atoms with Gasteiger partial charge >= 0.3 is 6.03 Å². The maximum Gasteiger partial charge on any atom is 0.318 e. The lowest BCUT2D eigenvalue weighted by Gasteiger charge is -2.10. The Bertz CT molecular complexity index is 854. The first-order valence-electron chi connectivity index (χ1n) is 7.73. The predicted molar refractivity (Wildman–Crippen MR) is 100 cm³/mol. The van der Waals surface area contributed by atoms with E-state index in [1.165, 1.54) is 4.88 Å². The van der Waals surface area contributed by atoms with Crippen molar-refractivity contribution in [2.75, 3.05) is 17.7 Å². The molecule has 0 atom stereocenters. The molecule has 2 aromatic heterocycles. The molecule has 6 nitrogen and oxygen atoms in total. The summed E-state index contributed by atoms with van der Waals surface area (Å²) < 4.78 is 1.92. The molecule has 3 aromatic rings. The minimum atomic E-state index is -0.289. The van der Waals surface area contributed by atoms with Crippen molar-refractivity contribution in [1.29, 1.82) is 0 Å². The van der Waals surface area contributed by atoms with Crippen LogP contribution in [0.25, 0.3) is 0 Å². The number of rotatable bonds is 5. The monoisotopic (exact) mass is 354 g/mol. The molecule has 25 heavy (non-hydrogen) atoms. The van der Waals surface area contributed by atoms with Crippen molar-refractivity contribution in [3.8, 4) is 0 Å². The number of thiophene rings is 1. The van der Waals surface area contributed by atoms with Crippen molar-refractivity contribution in [2.45, 2.75) is 6.54 Å². The summed E-state index contributed by atoms with van der Waals surface area (Å²) in [5, 5.41) is 10.0. The molecule has 0 saturated carbocycles. The van der Waals surface area contributed by atoms with Crippen LogP contribution < -0.4 is 16.0 Å². The van der Waals surface area contributed by atoms with E-state index in [0.29, 0.717) is 23.6 Å². The molecule has 128 valence electrons. The number of nitrogens with one attached hydrogen (secondary N) is 3. The number of benzene rings is 1. The Morgan fingerprint density at radius 2 is 1.72 bits per heavy atom. The molecule has 0 bridgehead atoms. The Kier molecular flexibility index (Phi) is 5.15. The number of hydrogen-bond acceptors (Lipinski definition) is 3.